The maximum absolute atomic E-state index is 3.47. The third-order valence-corrected chi connectivity index (χ3v) is 4.12. The lowest BCUT2D eigenvalue weighted by Crippen LogP contribution is -2.44. The van der Waals surface area contributed by atoms with Crippen molar-refractivity contribution in [2.24, 2.45) is 0 Å². The van der Waals surface area contributed by atoms with Gasteiger partial charge >= 0.3 is 0 Å². The van der Waals surface area contributed by atoms with Gasteiger partial charge in [-0.15, -0.1) is 0 Å². The Hall–Kier alpha value is -0.420. The average molecular weight is 326 g/mol. The summed E-state index contributed by atoms with van der Waals surface area (Å²) in [5.74, 6) is 0. The van der Waals surface area contributed by atoms with Gasteiger partial charge in [0.05, 0.1) is 0 Å². The first kappa shape index (κ1) is 15.0. The minimum atomic E-state index is 1.04. The summed E-state index contributed by atoms with van der Waals surface area (Å²) in [6, 6.07) is 8.61. The summed E-state index contributed by atoms with van der Waals surface area (Å²) < 4.78 is 1.15. The molecule has 1 fully saturated rings. The van der Waals surface area contributed by atoms with Gasteiger partial charge in [0.25, 0.3) is 0 Å². The average Bonchev–Trinajstić information content (AvgIpc) is 2.43. The zero-order valence-electron chi connectivity index (χ0n) is 11.7. The van der Waals surface area contributed by atoms with Crippen LogP contribution < -0.4 is 5.32 Å². The molecule has 0 saturated carbocycles. The van der Waals surface area contributed by atoms with Gasteiger partial charge in [0.15, 0.2) is 0 Å². The summed E-state index contributed by atoms with van der Waals surface area (Å²) in [7, 11) is 2.21. The van der Waals surface area contributed by atoms with Gasteiger partial charge in [0, 0.05) is 37.2 Å². The Bertz CT molecular complexity index is 360. The van der Waals surface area contributed by atoms with Gasteiger partial charge in [-0.2, -0.15) is 0 Å². The molecule has 19 heavy (non-hydrogen) atoms. The Morgan fingerprint density at radius 2 is 1.89 bits per heavy atom. The Morgan fingerprint density at radius 3 is 2.58 bits per heavy atom. The molecule has 1 aromatic rings. The van der Waals surface area contributed by atoms with E-state index in [0.29, 0.717) is 0 Å². The van der Waals surface area contributed by atoms with Gasteiger partial charge in [-0.25, -0.2) is 0 Å². The first-order chi connectivity index (χ1) is 9.24. The van der Waals surface area contributed by atoms with Crippen LogP contribution in [0.4, 0.5) is 0 Å². The Kier molecular flexibility index (Phi) is 6.31. The van der Waals surface area contributed by atoms with E-state index in [9.17, 15) is 0 Å². The summed E-state index contributed by atoms with van der Waals surface area (Å²) in [6.45, 7) is 8.14. The second-order valence-electron chi connectivity index (χ2n) is 5.31. The van der Waals surface area contributed by atoms with Crippen LogP contribution in [0.25, 0.3) is 0 Å². The SMILES string of the molecule is CN(CCCN1CCNCC1)Cc1ccc(Br)cc1. The molecule has 0 radical (unpaired) electrons. The Morgan fingerprint density at radius 1 is 1.21 bits per heavy atom. The highest BCUT2D eigenvalue weighted by molar-refractivity contribution is 9.10. The van der Waals surface area contributed by atoms with Crippen molar-refractivity contribution in [3.05, 3.63) is 34.3 Å². The molecule has 1 aliphatic rings. The smallest absolute Gasteiger partial charge is 0.0230 e. The largest absolute Gasteiger partial charge is 0.314 e. The summed E-state index contributed by atoms with van der Waals surface area (Å²) >= 11 is 3.47. The zero-order chi connectivity index (χ0) is 13.5. The van der Waals surface area contributed by atoms with Crippen molar-refractivity contribution in [3.8, 4) is 0 Å². The molecule has 106 valence electrons. The molecule has 0 aromatic heterocycles. The van der Waals surface area contributed by atoms with E-state index >= 15 is 0 Å². The van der Waals surface area contributed by atoms with Crippen molar-refractivity contribution >= 4 is 15.9 Å². The number of benzene rings is 1. The Labute approximate surface area is 125 Å². The van der Waals surface area contributed by atoms with Crippen LogP contribution in [0.2, 0.25) is 0 Å². The maximum atomic E-state index is 3.47. The highest BCUT2D eigenvalue weighted by atomic mass is 79.9. The standard InChI is InChI=1S/C15H24BrN3/c1-18(13-14-3-5-15(16)6-4-14)9-2-10-19-11-7-17-8-12-19/h3-6,17H,2,7-13H2,1H3. The molecular formula is C15H24BrN3. The zero-order valence-corrected chi connectivity index (χ0v) is 13.3. The van der Waals surface area contributed by atoms with Gasteiger partial charge in [0.1, 0.15) is 0 Å². The predicted octanol–water partition coefficient (Wildman–Crippen LogP) is 2.18. The molecule has 1 aromatic carbocycles. The lowest BCUT2D eigenvalue weighted by molar-refractivity contribution is 0.220. The summed E-state index contributed by atoms with van der Waals surface area (Å²) in [4.78, 5) is 4.97. The highest BCUT2D eigenvalue weighted by Crippen LogP contribution is 2.11. The first-order valence-electron chi connectivity index (χ1n) is 7.10. The maximum Gasteiger partial charge on any atom is 0.0230 e. The molecule has 0 amide bonds. The first-order valence-corrected chi connectivity index (χ1v) is 7.89. The van der Waals surface area contributed by atoms with Crippen LogP contribution in [-0.4, -0.2) is 56.1 Å². The van der Waals surface area contributed by atoms with E-state index in [2.05, 4.69) is 62.4 Å². The molecule has 1 saturated heterocycles. The lowest BCUT2D eigenvalue weighted by Gasteiger charge is -2.28. The Balaban J connectivity index is 1.63. The minimum absolute atomic E-state index is 1.04. The van der Waals surface area contributed by atoms with Crippen LogP contribution in [0, 0.1) is 0 Å². The molecule has 0 aliphatic carbocycles. The van der Waals surface area contributed by atoms with E-state index in [-0.39, 0.29) is 0 Å². The van der Waals surface area contributed by atoms with E-state index in [0.717, 1.165) is 24.1 Å². The van der Waals surface area contributed by atoms with Gasteiger partial charge < -0.3 is 15.1 Å². The van der Waals surface area contributed by atoms with Crippen LogP contribution >= 0.6 is 15.9 Å². The van der Waals surface area contributed by atoms with Crippen molar-refractivity contribution in [3.63, 3.8) is 0 Å². The molecule has 0 atom stereocenters. The van der Waals surface area contributed by atoms with Crippen LogP contribution in [0.3, 0.4) is 0 Å². The molecule has 0 bridgehead atoms. The number of nitrogens with one attached hydrogen (secondary N) is 1. The number of hydrogen-bond donors (Lipinski definition) is 1. The molecule has 0 unspecified atom stereocenters. The molecule has 4 heteroatoms. The van der Waals surface area contributed by atoms with Gasteiger partial charge in [-0.05, 0) is 44.3 Å². The van der Waals surface area contributed by atoms with Crippen LogP contribution in [0.15, 0.2) is 28.7 Å². The van der Waals surface area contributed by atoms with Crippen LogP contribution in [0.5, 0.6) is 0 Å². The molecule has 1 heterocycles. The third-order valence-electron chi connectivity index (χ3n) is 3.59. The van der Waals surface area contributed by atoms with Crippen LogP contribution in [0.1, 0.15) is 12.0 Å². The van der Waals surface area contributed by atoms with Gasteiger partial charge in [-0.3, -0.25) is 0 Å². The van der Waals surface area contributed by atoms with E-state index in [1.54, 1.807) is 0 Å². The summed E-state index contributed by atoms with van der Waals surface area (Å²) in [5.41, 5.74) is 1.38. The number of piperazine rings is 1. The molecule has 0 spiro atoms. The fourth-order valence-corrected chi connectivity index (χ4v) is 2.74. The topological polar surface area (TPSA) is 18.5 Å². The van der Waals surface area contributed by atoms with E-state index in [1.165, 1.54) is 38.2 Å². The number of halogens is 1. The van der Waals surface area contributed by atoms with Crippen molar-refractivity contribution < 1.29 is 0 Å². The molecule has 1 aliphatic heterocycles. The van der Waals surface area contributed by atoms with E-state index in [1.807, 2.05) is 0 Å². The number of nitrogens with zero attached hydrogens (tertiary/aromatic N) is 2. The number of hydrogen-bond acceptors (Lipinski definition) is 3. The van der Waals surface area contributed by atoms with Crippen molar-refractivity contribution in [1.82, 2.24) is 15.1 Å². The van der Waals surface area contributed by atoms with Crippen molar-refractivity contribution in [2.75, 3.05) is 46.3 Å². The fraction of sp³-hybridized carbons (Fsp3) is 0.600. The number of rotatable bonds is 6. The van der Waals surface area contributed by atoms with Crippen molar-refractivity contribution in [1.29, 1.82) is 0 Å². The monoisotopic (exact) mass is 325 g/mol. The molecule has 2 rings (SSSR count). The predicted molar refractivity (Wildman–Crippen MR) is 84.4 cm³/mol. The summed E-state index contributed by atoms with van der Waals surface area (Å²) in [6.07, 6.45) is 1.26. The quantitative estimate of drug-likeness (QED) is 0.864. The van der Waals surface area contributed by atoms with Crippen LogP contribution in [-0.2, 0) is 6.54 Å². The molecular weight excluding hydrogens is 302 g/mol. The van der Waals surface area contributed by atoms with Gasteiger partial charge in [-0.1, -0.05) is 28.1 Å². The fourth-order valence-electron chi connectivity index (χ4n) is 2.48. The summed E-state index contributed by atoms with van der Waals surface area (Å²) in [5, 5.41) is 3.40. The van der Waals surface area contributed by atoms with E-state index < -0.39 is 0 Å². The second kappa shape index (κ2) is 8.00. The highest BCUT2D eigenvalue weighted by Gasteiger charge is 2.09. The second-order valence-corrected chi connectivity index (χ2v) is 6.23. The van der Waals surface area contributed by atoms with Gasteiger partial charge in [0.2, 0.25) is 0 Å². The normalized spacial score (nSPS) is 17.0. The minimum Gasteiger partial charge on any atom is -0.314 e. The van der Waals surface area contributed by atoms with Crippen molar-refractivity contribution in [2.45, 2.75) is 13.0 Å². The third kappa shape index (κ3) is 5.61. The lowest BCUT2D eigenvalue weighted by atomic mass is 10.2. The molecule has 3 nitrogen and oxygen atoms in total. The molecule has 1 N–H and O–H groups in total. The van der Waals surface area contributed by atoms with E-state index in [4.69, 9.17) is 0 Å².